The molecule has 4 heteroatoms. The largest absolute Gasteiger partial charge is 0.389 e. The fourth-order valence-electron chi connectivity index (χ4n) is 2.45. The molecule has 1 heterocycles. The van der Waals surface area contributed by atoms with Crippen LogP contribution in [0.1, 0.15) is 37.9 Å². The van der Waals surface area contributed by atoms with Gasteiger partial charge >= 0.3 is 0 Å². The Morgan fingerprint density at radius 3 is 2.84 bits per heavy atom. The van der Waals surface area contributed by atoms with Crippen molar-refractivity contribution in [1.82, 2.24) is 0 Å². The number of likely N-dealkylation sites (N-methyl/N-ethyl adjacent to an activating group) is 1. The van der Waals surface area contributed by atoms with E-state index in [1.165, 1.54) is 12.8 Å². The van der Waals surface area contributed by atoms with E-state index in [1.54, 1.807) is 6.92 Å². The van der Waals surface area contributed by atoms with Gasteiger partial charge in [-0.1, -0.05) is 17.7 Å². The first kappa shape index (κ1) is 14.6. The first-order valence-electron chi connectivity index (χ1n) is 6.88. The van der Waals surface area contributed by atoms with E-state index in [4.69, 9.17) is 16.3 Å². The summed E-state index contributed by atoms with van der Waals surface area (Å²) in [7, 11) is 2.03. The van der Waals surface area contributed by atoms with Crippen molar-refractivity contribution in [3.63, 3.8) is 0 Å². The quantitative estimate of drug-likeness (QED) is 0.919. The molecular formula is C15H22ClNO2. The number of halogens is 1. The molecule has 2 atom stereocenters. The van der Waals surface area contributed by atoms with Crippen molar-refractivity contribution in [1.29, 1.82) is 0 Å². The molecule has 19 heavy (non-hydrogen) atoms. The minimum Gasteiger partial charge on any atom is -0.389 e. The monoisotopic (exact) mass is 283 g/mol. The third-order valence-electron chi connectivity index (χ3n) is 3.62. The third kappa shape index (κ3) is 3.85. The molecule has 1 saturated heterocycles. The van der Waals surface area contributed by atoms with E-state index in [9.17, 15) is 5.11 Å². The Morgan fingerprint density at radius 2 is 2.26 bits per heavy atom. The van der Waals surface area contributed by atoms with Gasteiger partial charge in [-0.05, 0) is 43.9 Å². The van der Waals surface area contributed by atoms with Crippen LogP contribution in [-0.4, -0.2) is 31.4 Å². The van der Waals surface area contributed by atoms with Crippen LogP contribution in [0.15, 0.2) is 18.2 Å². The number of aliphatic hydroxyl groups excluding tert-OH is 1. The van der Waals surface area contributed by atoms with Crippen molar-refractivity contribution in [2.75, 3.05) is 25.1 Å². The van der Waals surface area contributed by atoms with Crippen LogP contribution in [0, 0.1) is 0 Å². The highest BCUT2D eigenvalue weighted by Gasteiger charge is 2.17. The van der Waals surface area contributed by atoms with Crippen molar-refractivity contribution >= 4 is 17.3 Å². The van der Waals surface area contributed by atoms with Crippen molar-refractivity contribution in [3.8, 4) is 0 Å². The van der Waals surface area contributed by atoms with Gasteiger partial charge in [0.2, 0.25) is 0 Å². The van der Waals surface area contributed by atoms with Crippen molar-refractivity contribution in [2.45, 2.75) is 38.4 Å². The van der Waals surface area contributed by atoms with Crippen molar-refractivity contribution < 1.29 is 9.84 Å². The first-order valence-corrected chi connectivity index (χ1v) is 7.26. The van der Waals surface area contributed by atoms with Crippen LogP contribution in [0.25, 0.3) is 0 Å². The van der Waals surface area contributed by atoms with Crippen LogP contribution in [-0.2, 0) is 4.74 Å². The molecule has 2 rings (SSSR count). The Morgan fingerprint density at radius 1 is 1.47 bits per heavy atom. The van der Waals surface area contributed by atoms with Crippen molar-refractivity contribution in [2.24, 2.45) is 0 Å². The van der Waals surface area contributed by atoms with E-state index < -0.39 is 6.10 Å². The lowest BCUT2D eigenvalue weighted by Crippen LogP contribution is -2.33. The average molecular weight is 284 g/mol. The molecular weight excluding hydrogens is 262 g/mol. The summed E-state index contributed by atoms with van der Waals surface area (Å²) in [5, 5.41) is 10.2. The maximum absolute atomic E-state index is 9.55. The molecule has 0 aromatic heterocycles. The molecule has 0 bridgehead atoms. The van der Waals surface area contributed by atoms with Crippen LogP contribution in [0.4, 0.5) is 5.69 Å². The number of aliphatic hydroxyl groups is 1. The molecule has 0 amide bonds. The predicted molar refractivity (Wildman–Crippen MR) is 78.9 cm³/mol. The molecule has 1 aromatic carbocycles. The van der Waals surface area contributed by atoms with Gasteiger partial charge in [-0.15, -0.1) is 0 Å². The highest BCUT2D eigenvalue weighted by atomic mass is 35.5. The van der Waals surface area contributed by atoms with Crippen LogP contribution in [0.3, 0.4) is 0 Å². The molecule has 1 unspecified atom stereocenters. The maximum atomic E-state index is 9.55. The van der Waals surface area contributed by atoms with Crippen molar-refractivity contribution in [3.05, 3.63) is 28.8 Å². The van der Waals surface area contributed by atoms with Crippen LogP contribution in [0.5, 0.6) is 0 Å². The van der Waals surface area contributed by atoms with Crippen LogP contribution < -0.4 is 4.90 Å². The predicted octanol–water partition coefficient (Wildman–Crippen LogP) is 3.40. The Hall–Kier alpha value is -0.770. The van der Waals surface area contributed by atoms with E-state index in [2.05, 4.69) is 4.90 Å². The number of ether oxygens (including phenoxy) is 1. The summed E-state index contributed by atoms with van der Waals surface area (Å²) in [6.07, 6.45) is 3.34. The van der Waals surface area contributed by atoms with Gasteiger partial charge in [-0.25, -0.2) is 0 Å². The van der Waals surface area contributed by atoms with E-state index in [1.807, 2.05) is 25.2 Å². The minimum absolute atomic E-state index is 0.297. The summed E-state index contributed by atoms with van der Waals surface area (Å²) in [6.45, 7) is 3.46. The van der Waals surface area contributed by atoms with Crippen LogP contribution in [0.2, 0.25) is 5.02 Å². The molecule has 3 nitrogen and oxygen atoms in total. The summed E-state index contributed by atoms with van der Waals surface area (Å²) >= 11 is 6.29. The zero-order valence-corrected chi connectivity index (χ0v) is 12.4. The van der Waals surface area contributed by atoms with E-state index in [0.29, 0.717) is 11.1 Å². The molecule has 1 aromatic rings. The van der Waals surface area contributed by atoms with Gasteiger partial charge in [0.25, 0.3) is 0 Å². The number of anilines is 1. The topological polar surface area (TPSA) is 32.7 Å². The maximum Gasteiger partial charge on any atom is 0.0762 e. The fraction of sp³-hybridized carbons (Fsp3) is 0.600. The second-order valence-electron chi connectivity index (χ2n) is 5.26. The number of hydrogen-bond donors (Lipinski definition) is 1. The Balaban J connectivity index is 2.03. The lowest BCUT2D eigenvalue weighted by atomic mass is 10.1. The van der Waals surface area contributed by atoms with Gasteiger partial charge < -0.3 is 14.7 Å². The van der Waals surface area contributed by atoms with Gasteiger partial charge in [-0.3, -0.25) is 0 Å². The van der Waals surface area contributed by atoms with E-state index in [0.717, 1.165) is 30.8 Å². The number of rotatable bonds is 4. The van der Waals surface area contributed by atoms with Gasteiger partial charge in [0.05, 0.1) is 22.9 Å². The summed E-state index contributed by atoms with van der Waals surface area (Å²) in [5.41, 5.74) is 1.83. The molecule has 0 saturated carbocycles. The molecule has 106 valence electrons. The molecule has 0 spiro atoms. The summed E-state index contributed by atoms with van der Waals surface area (Å²) < 4.78 is 5.75. The number of hydrogen-bond acceptors (Lipinski definition) is 3. The highest BCUT2D eigenvalue weighted by Crippen LogP contribution is 2.29. The Labute approximate surface area is 120 Å². The highest BCUT2D eigenvalue weighted by molar-refractivity contribution is 6.33. The summed E-state index contributed by atoms with van der Waals surface area (Å²) in [4.78, 5) is 2.13. The standard InChI is InChI=1S/C15H22ClNO2/c1-11(18)12-6-7-15(14(16)9-12)17(2)10-13-5-3-4-8-19-13/h6-7,9,11,13,18H,3-5,8,10H2,1-2H3/t11-,13?/m1/s1. The minimum atomic E-state index is -0.487. The average Bonchev–Trinajstić information content (AvgIpc) is 2.39. The molecule has 0 radical (unpaired) electrons. The summed E-state index contributed by atoms with van der Waals surface area (Å²) in [5.74, 6) is 0. The molecule has 1 aliphatic rings. The first-order chi connectivity index (χ1) is 9.08. The Kier molecular flexibility index (Phi) is 5.08. The Bertz CT molecular complexity index is 417. The zero-order chi connectivity index (χ0) is 13.8. The fourth-order valence-corrected chi connectivity index (χ4v) is 2.78. The van der Waals surface area contributed by atoms with Gasteiger partial charge in [0.15, 0.2) is 0 Å². The second-order valence-corrected chi connectivity index (χ2v) is 5.66. The lowest BCUT2D eigenvalue weighted by molar-refractivity contribution is 0.0216. The second kappa shape index (κ2) is 6.60. The van der Waals surface area contributed by atoms with Gasteiger partial charge in [0, 0.05) is 20.2 Å². The van der Waals surface area contributed by atoms with Crippen LogP contribution >= 0.6 is 11.6 Å². The zero-order valence-electron chi connectivity index (χ0n) is 11.6. The SMILES string of the molecule is C[C@@H](O)c1ccc(N(C)CC2CCCCO2)c(Cl)c1. The summed E-state index contributed by atoms with van der Waals surface area (Å²) in [6, 6.07) is 5.72. The molecule has 1 N–H and O–H groups in total. The molecule has 1 fully saturated rings. The smallest absolute Gasteiger partial charge is 0.0762 e. The van der Waals surface area contributed by atoms with E-state index in [-0.39, 0.29) is 0 Å². The van der Waals surface area contributed by atoms with E-state index >= 15 is 0 Å². The third-order valence-corrected chi connectivity index (χ3v) is 3.92. The normalized spacial score (nSPS) is 21.2. The van der Waals surface area contributed by atoms with Gasteiger partial charge in [-0.2, -0.15) is 0 Å². The number of nitrogens with zero attached hydrogens (tertiary/aromatic N) is 1. The molecule has 0 aliphatic carbocycles. The number of benzene rings is 1. The lowest BCUT2D eigenvalue weighted by Gasteiger charge is -2.29. The molecule has 1 aliphatic heterocycles. The van der Waals surface area contributed by atoms with Gasteiger partial charge in [0.1, 0.15) is 0 Å².